The minimum Gasteiger partial charge on any atom is -0.296 e. The average Bonchev–Trinajstić information content (AvgIpc) is 2.65. The van der Waals surface area contributed by atoms with Crippen LogP contribution in [0.2, 0.25) is 0 Å². The number of nitrogens with zero attached hydrogens (tertiary/aromatic N) is 2. The molecule has 0 aliphatic rings. The first-order valence-corrected chi connectivity index (χ1v) is 3.86. The first kappa shape index (κ1) is 8.26. The molecule has 0 fully saturated rings. The highest BCUT2D eigenvalue weighted by molar-refractivity contribution is 5.55. The third-order valence-electron chi connectivity index (χ3n) is 1.73. The molecule has 5 heteroatoms. The Balaban J connectivity index is 2.44. The van der Waals surface area contributed by atoms with Crippen molar-refractivity contribution in [2.24, 2.45) is 0 Å². The van der Waals surface area contributed by atoms with Crippen LogP contribution in [0.1, 0.15) is 5.56 Å². The molecule has 0 saturated heterocycles. The van der Waals surface area contributed by atoms with Crippen LogP contribution < -0.4 is 5.76 Å². The van der Waals surface area contributed by atoms with Gasteiger partial charge in [-0.2, -0.15) is 5.26 Å². The van der Waals surface area contributed by atoms with Gasteiger partial charge in [0.15, 0.2) is 5.82 Å². The van der Waals surface area contributed by atoms with Gasteiger partial charge in [-0.1, -0.05) is 5.16 Å². The number of rotatable bonds is 1. The lowest BCUT2D eigenvalue weighted by Crippen LogP contribution is -1.94. The molecule has 1 N–H and O–H groups in total. The Morgan fingerprint density at radius 1 is 1.36 bits per heavy atom. The Kier molecular flexibility index (Phi) is 1.88. The lowest BCUT2D eigenvalue weighted by Gasteiger charge is -1.93. The smallest absolute Gasteiger partial charge is 0.296 e. The van der Waals surface area contributed by atoms with E-state index in [9.17, 15) is 4.79 Å². The number of aromatic amines is 1. The van der Waals surface area contributed by atoms with Gasteiger partial charge >= 0.3 is 5.76 Å². The van der Waals surface area contributed by atoms with Crippen LogP contribution in [0.15, 0.2) is 33.6 Å². The van der Waals surface area contributed by atoms with Gasteiger partial charge in [0, 0.05) is 5.56 Å². The van der Waals surface area contributed by atoms with E-state index in [1.807, 2.05) is 6.07 Å². The first-order valence-electron chi connectivity index (χ1n) is 3.86. The number of nitrogens with one attached hydrogen (secondary N) is 1. The highest BCUT2D eigenvalue weighted by atomic mass is 16.5. The molecule has 2 rings (SSSR count). The van der Waals surface area contributed by atoms with Gasteiger partial charge in [0.1, 0.15) is 0 Å². The van der Waals surface area contributed by atoms with E-state index in [0.717, 1.165) is 0 Å². The van der Waals surface area contributed by atoms with E-state index in [-0.39, 0.29) is 0 Å². The van der Waals surface area contributed by atoms with Gasteiger partial charge in [-0.25, -0.2) is 4.79 Å². The Hall–Kier alpha value is -2.35. The molecule has 0 radical (unpaired) electrons. The molecule has 1 heterocycles. The molecule has 14 heavy (non-hydrogen) atoms. The number of benzene rings is 1. The summed E-state index contributed by atoms with van der Waals surface area (Å²) in [5, 5.41) is 12.1. The zero-order valence-electron chi connectivity index (χ0n) is 7.02. The van der Waals surface area contributed by atoms with Crippen LogP contribution >= 0.6 is 0 Å². The summed E-state index contributed by atoms with van der Waals surface area (Å²) in [4.78, 5) is 13.1. The normalized spacial score (nSPS) is 9.64. The number of hydrogen-bond acceptors (Lipinski definition) is 4. The SMILES string of the molecule is N#Cc1ccc(-c2noc(=O)[nH]2)cc1. The second-order valence-corrected chi connectivity index (χ2v) is 2.63. The van der Waals surface area contributed by atoms with Gasteiger partial charge in [0.2, 0.25) is 0 Å². The van der Waals surface area contributed by atoms with E-state index in [1.54, 1.807) is 24.3 Å². The summed E-state index contributed by atoms with van der Waals surface area (Å²) in [5.74, 6) is -0.233. The second-order valence-electron chi connectivity index (χ2n) is 2.63. The molecule has 0 aliphatic carbocycles. The molecule has 68 valence electrons. The van der Waals surface area contributed by atoms with E-state index in [0.29, 0.717) is 17.0 Å². The summed E-state index contributed by atoms with van der Waals surface area (Å²) in [7, 11) is 0. The zero-order chi connectivity index (χ0) is 9.97. The number of aromatic nitrogens is 2. The van der Waals surface area contributed by atoms with Crippen LogP contribution in [0, 0.1) is 11.3 Å². The Morgan fingerprint density at radius 2 is 2.07 bits per heavy atom. The third kappa shape index (κ3) is 1.41. The molecule has 0 spiro atoms. The number of nitriles is 1. The Labute approximate surface area is 78.6 Å². The molecule has 0 bridgehead atoms. The van der Waals surface area contributed by atoms with Crippen molar-refractivity contribution in [3.05, 3.63) is 40.4 Å². The van der Waals surface area contributed by atoms with Crippen LogP contribution in [0.4, 0.5) is 0 Å². The van der Waals surface area contributed by atoms with Crippen molar-refractivity contribution in [3.63, 3.8) is 0 Å². The quantitative estimate of drug-likeness (QED) is 0.718. The van der Waals surface area contributed by atoms with Crippen molar-refractivity contribution in [1.82, 2.24) is 10.1 Å². The van der Waals surface area contributed by atoms with Gasteiger partial charge in [-0.3, -0.25) is 9.51 Å². The fourth-order valence-corrected chi connectivity index (χ4v) is 1.06. The summed E-state index contributed by atoms with van der Waals surface area (Å²) in [5.41, 5.74) is 1.26. The van der Waals surface area contributed by atoms with E-state index in [4.69, 9.17) is 5.26 Å². The number of H-pyrrole nitrogens is 1. The Bertz CT molecular complexity index is 530. The summed E-state index contributed by atoms with van der Waals surface area (Å²) in [6.07, 6.45) is 0. The molecule has 1 aromatic heterocycles. The van der Waals surface area contributed by atoms with E-state index in [2.05, 4.69) is 14.7 Å². The molecule has 2 aromatic rings. The van der Waals surface area contributed by atoms with Crippen molar-refractivity contribution < 1.29 is 4.52 Å². The molecule has 0 amide bonds. The summed E-state index contributed by atoms with van der Waals surface area (Å²) in [6, 6.07) is 8.65. The monoisotopic (exact) mass is 187 g/mol. The summed E-state index contributed by atoms with van der Waals surface area (Å²) < 4.78 is 4.35. The summed E-state index contributed by atoms with van der Waals surface area (Å²) >= 11 is 0. The molecule has 0 saturated carbocycles. The maximum atomic E-state index is 10.6. The van der Waals surface area contributed by atoms with Crippen LogP contribution in [-0.2, 0) is 0 Å². The average molecular weight is 187 g/mol. The van der Waals surface area contributed by atoms with Crippen LogP contribution in [0.5, 0.6) is 0 Å². The van der Waals surface area contributed by atoms with Gasteiger partial charge in [-0.15, -0.1) is 0 Å². The molecular weight excluding hydrogens is 182 g/mol. The van der Waals surface area contributed by atoms with Crippen molar-refractivity contribution in [2.75, 3.05) is 0 Å². The van der Waals surface area contributed by atoms with Gasteiger partial charge < -0.3 is 0 Å². The zero-order valence-corrected chi connectivity index (χ0v) is 7.02. The molecule has 5 nitrogen and oxygen atoms in total. The van der Waals surface area contributed by atoms with Crippen molar-refractivity contribution >= 4 is 0 Å². The van der Waals surface area contributed by atoms with Crippen molar-refractivity contribution in [2.45, 2.75) is 0 Å². The predicted molar refractivity (Wildman–Crippen MR) is 47.3 cm³/mol. The highest BCUT2D eigenvalue weighted by Crippen LogP contribution is 2.13. The lowest BCUT2D eigenvalue weighted by atomic mass is 10.1. The fraction of sp³-hybridized carbons (Fsp3) is 0. The highest BCUT2D eigenvalue weighted by Gasteiger charge is 2.02. The van der Waals surface area contributed by atoms with Gasteiger partial charge in [0.25, 0.3) is 0 Å². The molecule has 0 unspecified atom stereocenters. The van der Waals surface area contributed by atoms with E-state index >= 15 is 0 Å². The molecule has 0 aliphatic heterocycles. The van der Waals surface area contributed by atoms with Gasteiger partial charge in [-0.05, 0) is 24.3 Å². The minimum absolute atomic E-state index is 0.361. The fourth-order valence-electron chi connectivity index (χ4n) is 1.06. The lowest BCUT2D eigenvalue weighted by molar-refractivity contribution is 0.388. The van der Waals surface area contributed by atoms with Gasteiger partial charge in [0.05, 0.1) is 11.6 Å². The minimum atomic E-state index is -0.593. The van der Waals surface area contributed by atoms with Crippen LogP contribution in [0.3, 0.4) is 0 Å². The third-order valence-corrected chi connectivity index (χ3v) is 1.73. The summed E-state index contributed by atoms with van der Waals surface area (Å²) in [6.45, 7) is 0. The van der Waals surface area contributed by atoms with E-state index in [1.165, 1.54) is 0 Å². The Morgan fingerprint density at radius 3 is 2.57 bits per heavy atom. The second kappa shape index (κ2) is 3.18. The van der Waals surface area contributed by atoms with Crippen LogP contribution in [0.25, 0.3) is 11.4 Å². The van der Waals surface area contributed by atoms with Crippen molar-refractivity contribution in [1.29, 1.82) is 5.26 Å². The molecule has 0 atom stereocenters. The van der Waals surface area contributed by atoms with Crippen molar-refractivity contribution in [3.8, 4) is 17.5 Å². The number of hydrogen-bond donors (Lipinski definition) is 1. The largest absolute Gasteiger partial charge is 0.439 e. The maximum Gasteiger partial charge on any atom is 0.439 e. The molecular formula is C9H5N3O2. The van der Waals surface area contributed by atoms with E-state index < -0.39 is 5.76 Å². The van der Waals surface area contributed by atoms with Crippen LogP contribution in [-0.4, -0.2) is 10.1 Å². The topological polar surface area (TPSA) is 82.7 Å². The predicted octanol–water partition coefficient (Wildman–Crippen LogP) is 0.902. The standard InChI is InChI=1S/C9H5N3O2/c10-5-6-1-3-7(4-2-6)8-11-9(13)14-12-8/h1-4H,(H,11,12,13). The molecule has 1 aromatic carbocycles. The first-order chi connectivity index (χ1) is 6.79. The maximum absolute atomic E-state index is 10.6.